The standard InChI is InChI=1S/C17H23N3O/c1-20(12-13-6-8-21-9-7-13)17-15(11-18)10-14-4-2-3-5-16(14)19-17/h10,13H,2-9,12H2,1H3. The minimum atomic E-state index is 0.646. The third-order valence-corrected chi connectivity index (χ3v) is 4.64. The molecular formula is C17H23N3O. The highest BCUT2D eigenvalue weighted by molar-refractivity contribution is 5.56. The monoisotopic (exact) mass is 285 g/mol. The van der Waals surface area contributed by atoms with Crippen molar-refractivity contribution >= 4 is 5.82 Å². The van der Waals surface area contributed by atoms with Crippen molar-refractivity contribution in [2.75, 3.05) is 31.7 Å². The third kappa shape index (κ3) is 3.19. The van der Waals surface area contributed by atoms with E-state index in [9.17, 15) is 5.26 Å². The first kappa shape index (κ1) is 14.3. The molecule has 0 radical (unpaired) electrons. The number of anilines is 1. The lowest BCUT2D eigenvalue weighted by Crippen LogP contribution is -2.31. The van der Waals surface area contributed by atoms with Crippen molar-refractivity contribution in [3.8, 4) is 6.07 Å². The fraction of sp³-hybridized carbons (Fsp3) is 0.647. The SMILES string of the molecule is CN(CC1CCOCC1)c1nc2c(cc1C#N)CCCC2. The van der Waals surface area contributed by atoms with Crippen molar-refractivity contribution in [3.05, 3.63) is 22.9 Å². The van der Waals surface area contributed by atoms with Crippen LogP contribution in [0, 0.1) is 17.2 Å². The third-order valence-electron chi connectivity index (χ3n) is 4.64. The second-order valence-corrected chi connectivity index (χ2v) is 6.22. The van der Waals surface area contributed by atoms with E-state index in [2.05, 4.69) is 24.1 Å². The van der Waals surface area contributed by atoms with Crippen LogP contribution in [0.3, 0.4) is 0 Å². The highest BCUT2D eigenvalue weighted by Crippen LogP contribution is 2.27. The maximum absolute atomic E-state index is 9.44. The molecule has 2 heterocycles. The van der Waals surface area contributed by atoms with Crippen molar-refractivity contribution in [3.63, 3.8) is 0 Å². The summed E-state index contributed by atoms with van der Waals surface area (Å²) in [5.74, 6) is 1.51. The van der Waals surface area contributed by atoms with Gasteiger partial charge in [-0.1, -0.05) is 0 Å². The summed E-state index contributed by atoms with van der Waals surface area (Å²) in [5, 5.41) is 9.44. The van der Waals surface area contributed by atoms with Crippen LogP contribution in [0.15, 0.2) is 6.07 Å². The lowest BCUT2D eigenvalue weighted by Gasteiger charge is -2.29. The minimum absolute atomic E-state index is 0.646. The minimum Gasteiger partial charge on any atom is -0.381 e. The number of nitrogens with zero attached hydrogens (tertiary/aromatic N) is 3. The predicted molar refractivity (Wildman–Crippen MR) is 82.4 cm³/mol. The lowest BCUT2D eigenvalue weighted by atomic mass is 9.94. The molecule has 2 aliphatic rings. The van der Waals surface area contributed by atoms with Gasteiger partial charge in [-0.15, -0.1) is 0 Å². The molecule has 1 fully saturated rings. The molecule has 1 saturated heterocycles. The van der Waals surface area contributed by atoms with Gasteiger partial charge in [0, 0.05) is 32.5 Å². The topological polar surface area (TPSA) is 49.1 Å². The zero-order valence-electron chi connectivity index (χ0n) is 12.8. The zero-order chi connectivity index (χ0) is 14.7. The Morgan fingerprint density at radius 3 is 2.86 bits per heavy atom. The second kappa shape index (κ2) is 6.44. The molecule has 0 unspecified atom stereocenters. The number of fused-ring (bicyclic) bond motifs is 1. The van der Waals surface area contributed by atoms with Crippen molar-refractivity contribution in [2.45, 2.75) is 38.5 Å². The number of nitriles is 1. The fourth-order valence-electron chi connectivity index (χ4n) is 3.40. The second-order valence-electron chi connectivity index (χ2n) is 6.22. The summed E-state index contributed by atoms with van der Waals surface area (Å²) in [5.41, 5.74) is 3.21. The molecule has 0 amide bonds. The van der Waals surface area contributed by atoms with Crippen LogP contribution >= 0.6 is 0 Å². The summed E-state index contributed by atoms with van der Waals surface area (Å²) >= 11 is 0. The highest BCUT2D eigenvalue weighted by Gasteiger charge is 2.20. The number of aromatic nitrogens is 1. The van der Waals surface area contributed by atoms with Crippen LogP contribution in [0.25, 0.3) is 0 Å². The van der Waals surface area contributed by atoms with Crippen molar-refractivity contribution in [1.29, 1.82) is 5.26 Å². The Morgan fingerprint density at radius 1 is 1.33 bits per heavy atom. The summed E-state index contributed by atoms with van der Waals surface area (Å²) in [6, 6.07) is 4.40. The average Bonchev–Trinajstić information content (AvgIpc) is 2.54. The smallest absolute Gasteiger partial charge is 0.146 e. The van der Waals surface area contributed by atoms with Gasteiger partial charge in [0.25, 0.3) is 0 Å². The van der Waals surface area contributed by atoms with Crippen LogP contribution in [0.4, 0.5) is 5.82 Å². The van der Waals surface area contributed by atoms with Crippen molar-refractivity contribution < 1.29 is 4.74 Å². The van der Waals surface area contributed by atoms with E-state index < -0.39 is 0 Å². The summed E-state index contributed by atoms with van der Waals surface area (Å²) < 4.78 is 5.42. The van der Waals surface area contributed by atoms with Gasteiger partial charge in [-0.3, -0.25) is 0 Å². The first-order valence-electron chi connectivity index (χ1n) is 7.99. The molecule has 0 aromatic carbocycles. The van der Waals surface area contributed by atoms with Gasteiger partial charge < -0.3 is 9.64 Å². The van der Waals surface area contributed by atoms with E-state index >= 15 is 0 Å². The molecule has 0 spiro atoms. The van der Waals surface area contributed by atoms with E-state index in [-0.39, 0.29) is 0 Å². The van der Waals surface area contributed by atoms with Gasteiger partial charge in [0.05, 0.1) is 5.56 Å². The summed E-state index contributed by atoms with van der Waals surface area (Å²) in [6.07, 6.45) is 6.78. The number of hydrogen-bond acceptors (Lipinski definition) is 4. The largest absolute Gasteiger partial charge is 0.381 e. The van der Waals surface area contributed by atoms with Gasteiger partial charge >= 0.3 is 0 Å². The molecule has 4 nitrogen and oxygen atoms in total. The number of hydrogen-bond donors (Lipinski definition) is 0. The average molecular weight is 285 g/mol. The van der Waals surface area contributed by atoms with Gasteiger partial charge in [-0.2, -0.15) is 5.26 Å². The van der Waals surface area contributed by atoms with Gasteiger partial charge in [-0.05, 0) is 56.1 Å². The quantitative estimate of drug-likeness (QED) is 0.856. The number of ether oxygens (including phenoxy) is 1. The zero-order valence-corrected chi connectivity index (χ0v) is 12.8. The van der Waals surface area contributed by atoms with Gasteiger partial charge in [0.2, 0.25) is 0 Å². The maximum atomic E-state index is 9.44. The van der Waals surface area contributed by atoms with Gasteiger partial charge in [-0.25, -0.2) is 4.98 Å². The molecule has 3 rings (SSSR count). The highest BCUT2D eigenvalue weighted by atomic mass is 16.5. The Balaban J connectivity index is 1.81. The predicted octanol–water partition coefficient (Wildman–Crippen LogP) is 2.69. The van der Waals surface area contributed by atoms with E-state index in [1.54, 1.807) is 0 Å². The van der Waals surface area contributed by atoms with E-state index in [0.717, 1.165) is 56.8 Å². The Hall–Kier alpha value is -1.60. The summed E-state index contributed by atoms with van der Waals surface area (Å²) in [4.78, 5) is 6.99. The molecule has 1 aromatic heterocycles. The first-order valence-corrected chi connectivity index (χ1v) is 7.99. The van der Waals surface area contributed by atoms with Gasteiger partial charge in [0.1, 0.15) is 11.9 Å². The molecule has 21 heavy (non-hydrogen) atoms. The molecule has 1 aromatic rings. The number of pyridine rings is 1. The van der Waals surface area contributed by atoms with Crippen LogP contribution in [-0.4, -0.2) is 31.8 Å². The molecule has 1 aliphatic heterocycles. The number of aryl methyl sites for hydroxylation is 2. The molecule has 0 saturated carbocycles. The van der Waals surface area contributed by atoms with Crippen LogP contribution in [0.2, 0.25) is 0 Å². The Morgan fingerprint density at radius 2 is 2.10 bits per heavy atom. The van der Waals surface area contributed by atoms with E-state index in [1.165, 1.54) is 24.1 Å². The normalized spacial score (nSPS) is 18.9. The first-order chi connectivity index (χ1) is 10.3. The van der Waals surface area contributed by atoms with Gasteiger partial charge in [0.15, 0.2) is 0 Å². The fourth-order valence-corrected chi connectivity index (χ4v) is 3.40. The van der Waals surface area contributed by atoms with Crippen LogP contribution in [0.5, 0.6) is 0 Å². The Labute approximate surface area is 126 Å². The van der Waals surface area contributed by atoms with E-state index in [1.807, 2.05) is 0 Å². The van der Waals surface area contributed by atoms with Crippen molar-refractivity contribution in [1.82, 2.24) is 4.98 Å². The summed E-state index contributed by atoms with van der Waals surface area (Å²) in [6.45, 7) is 2.69. The van der Waals surface area contributed by atoms with E-state index in [0.29, 0.717) is 5.92 Å². The Bertz CT molecular complexity index is 544. The van der Waals surface area contributed by atoms with Crippen molar-refractivity contribution in [2.24, 2.45) is 5.92 Å². The molecule has 0 atom stereocenters. The summed E-state index contributed by atoms with van der Waals surface area (Å²) in [7, 11) is 2.06. The Kier molecular flexibility index (Phi) is 4.40. The van der Waals surface area contributed by atoms with E-state index in [4.69, 9.17) is 9.72 Å². The van der Waals surface area contributed by atoms with Crippen LogP contribution < -0.4 is 4.90 Å². The number of rotatable bonds is 3. The van der Waals surface area contributed by atoms with Crippen LogP contribution in [0.1, 0.15) is 42.5 Å². The molecule has 1 aliphatic carbocycles. The molecule has 4 heteroatoms. The molecule has 112 valence electrons. The van der Waals surface area contributed by atoms with Crippen LogP contribution in [-0.2, 0) is 17.6 Å². The maximum Gasteiger partial charge on any atom is 0.146 e. The molecule has 0 N–H and O–H groups in total. The lowest BCUT2D eigenvalue weighted by molar-refractivity contribution is 0.0685. The molecular weight excluding hydrogens is 262 g/mol. The molecule has 0 bridgehead atoms.